The van der Waals surface area contributed by atoms with E-state index in [0.717, 1.165) is 24.9 Å². The van der Waals surface area contributed by atoms with E-state index in [-0.39, 0.29) is 16.8 Å². The van der Waals surface area contributed by atoms with Gasteiger partial charge in [0, 0.05) is 37.0 Å². The van der Waals surface area contributed by atoms with Crippen molar-refractivity contribution in [3.8, 4) is 16.9 Å². The first-order valence-electron chi connectivity index (χ1n) is 12.5. The van der Waals surface area contributed by atoms with E-state index in [4.69, 9.17) is 4.74 Å². The number of anilines is 2. The number of benzene rings is 3. The van der Waals surface area contributed by atoms with Gasteiger partial charge in [0.1, 0.15) is 22.1 Å². The standard InChI is InChI=1S/C29H33FN2O3S/c1-29(2,3)35-27-18-25-28(17-24(27)20-13-15-22(30)16-14-20)36(33,34)31(4)26(21-9-8-10-21)19-32(25)23-11-6-5-7-12-23/h5-7,11-18,21,26H,8-10,19H2,1-4H3/t26-/m0/s1. The van der Waals surface area contributed by atoms with E-state index in [1.807, 2.05) is 57.2 Å². The smallest absolute Gasteiger partial charge is 0.245 e. The number of rotatable bonds is 4. The van der Waals surface area contributed by atoms with Gasteiger partial charge in [-0.3, -0.25) is 0 Å². The molecule has 0 bridgehead atoms. The lowest BCUT2D eigenvalue weighted by Crippen LogP contribution is -2.47. The summed E-state index contributed by atoms with van der Waals surface area (Å²) in [4.78, 5) is 2.35. The normalized spacial score (nSPS) is 20.4. The quantitative estimate of drug-likeness (QED) is 0.398. The SMILES string of the molecule is CN1[C@H](C2CCC2)CN(c2ccccc2)c2cc(OC(C)(C)C)c(-c3ccc(F)cc3)cc2S1(=O)=O. The highest BCUT2D eigenvalue weighted by Gasteiger charge is 2.42. The summed E-state index contributed by atoms with van der Waals surface area (Å²) >= 11 is 0. The van der Waals surface area contributed by atoms with Gasteiger partial charge in [0.2, 0.25) is 10.0 Å². The average Bonchev–Trinajstić information content (AvgIpc) is 2.87. The molecular weight excluding hydrogens is 475 g/mol. The number of para-hydroxylation sites is 1. The molecule has 1 saturated carbocycles. The summed E-state index contributed by atoms with van der Waals surface area (Å²) in [6, 6.07) is 19.4. The zero-order valence-corrected chi connectivity index (χ0v) is 22.1. The lowest BCUT2D eigenvalue weighted by atomic mass is 9.79. The Labute approximate surface area is 213 Å². The minimum Gasteiger partial charge on any atom is -0.487 e. The number of nitrogens with zero attached hydrogens (tertiary/aromatic N) is 2. The Balaban J connectivity index is 1.77. The Hall–Kier alpha value is -2.90. The molecule has 1 aliphatic carbocycles. The molecule has 0 N–H and O–H groups in total. The number of likely N-dealkylation sites (N-methyl/N-ethyl adjacent to an activating group) is 1. The first-order valence-corrected chi connectivity index (χ1v) is 13.9. The van der Waals surface area contributed by atoms with Gasteiger partial charge < -0.3 is 9.64 Å². The van der Waals surface area contributed by atoms with Crippen LogP contribution in [0.3, 0.4) is 0 Å². The molecule has 3 aromatic carbocycles. The van der Waals surface area contributed by atoms with Crippen LogP contribution in [0.2, 0.25) is 0 Å². The van der Waals surface area contributed by atoms with Crippen LogP contribution in [-0.4, -0.2) is 38.0 Å². The number of sulfonamides is 1. The zero-order valence-electron chi connectivity index (χ0n) is 21.2. The summed E-state index contributed by atoms with van der Waals surface area (Å²) < 4.78 is 49.9. The van der Waals surface area contributed by atoms with Crippen LogP contribution in [0.25, 0.3) is 11.1 Å². The van der Waals surface area contributed by atoms with Crippen molar-refractivity contribution in [3.63, 3.8) is 0 Å². The molecule has 1 aliphatic heterocycles. The predicted octanol–water partition coefficient (Wildman–Crippen LogP) is 6.61. The summed E-state index contributed by atoms with van der Waals surface area (Å²) in [6.45, 7) is 6.43. The van der Waals surface area contributed by atoms with Crippen LogP contribution in [0, 0.1) is 11.7 Å². The van der Waals surface area contributed by atoms with Crippen molar-refractivity contribution in [1.29, 1.82) is 0 Å². The Morgan fingerprint density at radius 2 is 1.64 bits per heavy atom. The van der Waals surface area contributed by atoms with Crippen LogP contribution in [-0.2, 0) is 10.0 Å². The molecule has 2 aliphatic rings. The van der Waals surface area contributed by atoms with Gasteiger partial charge in [0.25, 0.3) is 0 Å². The highest BCUT2D eigenvalue weighted by Crippen LogP contribution is 2.46. The van der Waals surface area contributed by atoms with Crippen LogP contribution in [0.5, 0.6) is 5.75 Å². The monoisotopic (exact) mass is 508 g/mol. The maximum atomic E-state index is 14.1. The van der Waals surface area contributed by atoms with Gasteiger partial charge in [-0.05, 0) is 75.4 Å². The fourth-order valence-electron chi connectivity index (χ4n) is 5.09. The summed E-state index contributed by atoms with van der Waals surface area (Å²) in [6.07, 6.45) is 3.19. The Bertz CT molecular complexity index is 1350. The van der Waals surface area contributed by atoms with E-state index >= 15 is 0 Å². The number of fused-ring (bicyclic) bond motifs is 1. The molecular formula is C29H33FN2O3S. The van der Waals surface area contributed by atoms with Crippen molar-refractivity contribution in [1.82, 2.24) is 4.31 Å². The van der Waals surface area contributed by atoms with Crippen molar-refractivity contribution in [3.05, 3.63) is 72.5 Å². The third-order valence-corrected chi connectivity index (χ3v) is 9.09. The molecule has 1 heterocycles. The fourth-order valence-corrected chi connectivity index (χ4v) is 6.70. The Morgan fingerprint density at radius 3 is 2.22 bits per heavy atom. The average molecular weight is 509 g/mol. The second-order valence-corrected chi connectivity index (χ2v) is 12.7. The Kier molecular flexibility index (Phi) is 6.33. The van der Waals surface area contributed by atoms with E-state index in [9.17, 15) is 12.8 Å². The van der Waals surface area contributed by atoms with Gasteiger partial charge in [-0.15, -0.1) is 0 Å². The highest BCUT2D eigenvalue weighted by molar-refractivity contribution is 7.89. The molecule has 0 saturated heterocycles. The summed E-state index contributed by atoms with van der Waals surface area (Å²) in [5.74, 6) is 0.540. The molecule has 0 radical (unpaired) electrons. The van der Waals surface area contributed by atoms with E-state index in [0.29, 0.717) is 35.0 Å². The van der Waals surface area contributed by atoms with E-state index in [2.05, 4.69) is 4.90 Å². The Morgan fingerprint density at radius 1 is 0.972 bits per heavy atom. The highest BCUT2D eigenvalue weighted by atomic mass is 32.2. The van der Waals surface area contributed by atoms with Gasteiger partial charge in [-0.2, -0.15) is 4.31 Å². The van der Waals surface area contributed by atoms with Gasteiger partial charge in [0.15, 0.2) is 0 Å². The maximum Gasteiger partial charge on any atom is 0.245 e. The van der Waals surface area contributed by atoms with Crippen molar-refractivity contribution in [2.75, 3.05) is 18.5 Å². The van der Waals surface area contributed by atoms with Crippen molar-refractivity contribution in [2.24, 2.45) is 5.92 Å². The van der Waals surface area contributed by atoms with E-state index in [1.54, 1.807) is 29.6 Å². The molecule has 0 aromatic heterocycles. The van der Waals surface area contributed by atoms with Gasteiger partial charge in [-0.25, -0.2) is 12.8 Å². The number of hydrogen-bond acceptors (Lipinski definition) is 4. The van der Waals surface area contributed by atoms with E-state index in [1.165, 1.54) is 12.1 Å². The third kappa shape index (κ3) is 4.62. The van der Waals surface area contributed by atoms with Crippen LogP contribution in [0.15, 0.2) is 71.6 Å². The number of halogens is 1. The molecule has 1 atom stereocenters. The van der Waals surface area contributed by atoms with Crippen LogP contribution >= 0.6 is 0 Å². The van der Waals surface area contributed by atoms with Crippen LogP contribution < -0.4 is 9.64 Å². The molecule has 5 nitrogen and oxygen atoms in total. The summed E-state index contributed by atoms with van der Waals surface area (Å²) in [5, 5.41) is 0. The minimum absolute atomic E-state index is 0.141. The largest absolute Gasteiger partial charge is 0.487 e. The molecule has 1 fully saturated rings. The second-order valence-electron chi connectivity index (χ2n) is 10.8. The third-order valence-electron chi connectivity index (χ3n) is 7.18. The maximum absolute atomic E-state index is 14.1. The lowest BCUT2D eigenvalue weighted by Gasteiger charge is -2.39. The van der Waals surface area contributed by atoms with E-state index < -0.39 is 15.6 Å². The second kappa shape index (κ2) is 9.20. The summed E-state index contributed by atoms with van der Waals surface area (Å²) in [5.41, 5.74) is 2.33. The summed E-state index contributed by atoms with van der Waals surface area (Å²) in [7, 11) is -2.10. The van der Waals surface area contributed by atoms with Crippen molar-refractivity contribution in [2.45, 2.75) is 56.6 Å². The molecule has 7 heteroatoms. The predicted molar refractivity (Wildman–Crippen MR) is 142 cm³/mol. The molecule has 0 unspecified atom stereocenters. The number of ether oxygens (including phenoxy) is 1. The molecule has 0 spiro atoms. The van der Waals surface area contributed by atoms with Gasteiger partial charge in [0.05, 0.1) is 5.69 Å². The van der Waals surface area contributed by atoms with Crippen molar-refractivity contribution < 1.29 is 17.5 Å². The first-order chi connectivity index (χ1) is 17.0. The van der Waals surface area contributed by atoms with Crippen LogP contribution in [0.4, 0.5) is 15.8 Å². The molecule has 0 amide bonds. The van der Waals surface area contributed by atoms with Gasteiger partial charge >= 0.3 is 0 Å². The fraction of sp³-hybridized carbons (Fsp3) is 0.379. The van der Waals surface area contributed by atoms with Crippen LogP contribution in [0.1, 0.15) is 40.0 Å². The first kappa shape index (κ1) is 24.8. The molecule has 3 aromatic rings. The molecule has 190 valence electrons. The zero-order chi connectivity index (χ0) is 25.7. The molecule has 5 rings (SSSR count). The lowest BCUT2D eigenvalue weighted by molar-refractivity contribution is 0.131. The number of hydrogen-bond donors (Lipinski definition) is 0. The minimum atomic E-state index is -3.81. The molecule has 36 heavy (non-hydrogen) atoms. The van der Waals surface area contributed by atoms with Gasteiger partial charge in [-0.1, -0.05) is 36.8 Å². The topological polar surface area (TPSA) is 49.9 Å². The van der Waals surface area contributed by atoms with Crippen molar-refractivity contribution >= 4 is 21.4 Å².